The molecule has 0 heterocycles. The average molecular weight is 306 g/mol. The fourth-order valence-electron chi connectivity index (χ4n) is 4.16. The van der Waals surface area contributed by atoms with Crippen LogP contribution in [0.5, 0.6) is 0 Å². The molecule has 0 aromatic rings. The fraction of sp³-hybridized carbons (Fsp3) is 0.875. The molecule has 2 atom stereocenters. The predicted octanol–water partition coefficient (Wildman–Crippen LogP) is 4.84. The molecular weight excluding hydrogens is 281 g/mol. The van der Waals surface area contributed by atoms with Crippen molar-refractivity contribution < 1.29 is 22.6 Å². The zero-order chi connectivity index (χ0) is 15.7. The molecular formula is C16H25F3O2. The molecule has 2 aliphatic carbocycles. The summed E-state index contributed by atoms with van der Waals surface area (Å²) >= 11 is 0. The molecule has 0 aromatic heterocycles. The molecule has 2 bridgehead atoms. The first-order chi connectivity index (χ1) is 9.83. The van der Waals surface area contributed by atoms with Crippen LogP contribution in [0.15, 0.2) is 12.7 Å². The summed E-state index contributed by atoms with van der Waals surface area (Å²) in [5, 5.41) is 0. The van der Waals surface area contributed by atoms with E-state index in [1.807, 2.05) is 6.92 Å². The molecule has 5 heteroatoms. The Bertz CT molecular complexity index is 372. The van der Waals surface area contributed by atoms with E-state index in [9.17, 15) is 13.2 Å². The molecule has 0 radical (unpaired) electrons. The van der Waals surface area contributed by atoms with Gasteiger partial charge in [-0.15, -0.1) is 6.58 Å². The van der Waals surface area contributed by atoms with E-state index >= 15 is 0 Å². The Hall–Kier alpha value is -0.550. The van der Waals surface area contributed by atoms with Gasteiger partial charge in [-0.25, -0.2) is 0 Å². The zero-order valence-electron chi connectivity index (χ0n) is 12.8. The maximum Gasteiger partial charge on any atom is 0.418 e. The van der Waals surface area contributed by atoms with E-state index in [1.165, 1.54) is 6.08 Å². The molecule has 122 valence electrons. The van der Waals surface area contributed by atoms with E-state index in [0.717, 1.165) is 12.8 Å². The molecule has 0 aliphatic heterocycles. The van der Waals surface area contributed by atoms with Crippen LogP contribution in [-0.4, -0.2) is 24.7 Å². The molecule has 2 rings (SSSR count). The van der Waals surface area contributed by atoms with Gasteiger partial charge in [0.2, 0.25) is 0 Å². The standard InChI is InChI=1S/C16H25F3O2/c1-4-6-11-20-12(3)21-15(16(17,18)19)13-7-9-14(15,5-2)10-8-13/h5,12-13H,2,4,6-11H2,1,3H3. The zero-order valence-corrected chi connectivity index (χ0v) is 12.8. The van der Waals surface area contributed by atoms with Crippen LogP contribution in [0.25, 0.3) is 0 Å². The van der Waals surface area contributed by atoms with Gasteiger partial charge in [-0.05, 0) is 44.9 Å². The van der Waals surface area contributed by atoms with Gasteiger partial charge in [0.05, 0.1) is 0 Å². The van der Waals surface area contributed by atoms with Crippen LogP contribution in [0.1, 0.15) is 52.4 Å². The third-order valence-electron chi connectivity index (χ3n) is 5.21. The maximum atomic E-state index is 13.9. The van der Waals surface area contributed by atoms with Crippen molar-refractivity contribution in [1.29, 1.82) is 0 Å². The highest BCUT2D eigenvalue weighted by Crippen LogP contribution is 2.68. The van der Waals surface area contributed by atoms with Gasteiger partial charge < -0.3 is 9.47 Å². The van der Waals surface area contributed by atoms with Crippen molar-refractivity contribution in [3.63, 3.8) is 0 Å². The van der Waals surface area contributed by atoms with Crippen molar-refractivity contribution in [3.05, 3.63) is 12.7 Å². The second kappa shape index (κ2) is 5.92. The van der Waals surface area contributed by atoms with Crippen LogP contribution in [0.2, 0.25) is 0 Å². The van der Waals surface area contributed by atoms with Gasteiger partial charge in [0.25, 0.3) is 0 Å². The van der Waals surface area contributed by atoms with Crippen molar-refractivity contribution in [1.82, 2.24) is 0 Å². The molecule has 2 fully saturated rings. The van der Waals surface area contributed by atoms with Gasteiger partial charge in [0.1, 0.15) is 0 Å². The summed E-state index contributed by atoms with van der Waals surface area (Å²) in [6, 6.07) is 0. The number of fused-ring (bicyclic) bond motifs is 2. The van der Waals surface area contributed by atoms with Gasteiger partial charge in [-0.1, -0.05) is 19.4 Å². The molecule has 0 amide bonds. The first-order valence-corrected chi connectivity index (χ1v) is 7.82. The van der Waals surface area contributed by atoms with Crippen molar-refractivity contribution in [2.45, 2.75) is 70.4 Å². The minimum atomic E-state index is -4.40. The topological polar surface area (TPSA) is 18.5 Å². The average Bonchev–Trinajstić information content (AvgIpc) is 2.90. The first kappa shape index (κ1) is 16.8. The summed E-state index contributed by atoms with van der Waals surface area (Å²) in [5.74, 6) is -0.479. The molecule has 0 N–H and O–H groups in total. The monoisotopic (exact) mass is 306 g/mol. The second-order valence-corrected chi connectivity index (χ2v) is 6.28. The molecule has 0 spiro atoms. The van der Waals surface area contributed by atoms with E-state index in [-0.39, 0.29) is 0 Å². The number of alkyl halides is 3. The highest BCUT2D eigenvalue weighted by Gasteiger charge is 2.76. The highest BCUT2D eigenvalue weighted by atomic mass is 19.4. The number of rotatable bonds is 7. The molecule has 2 nitrogen and oxygen atoms in total. The largest absolute Gasteiger partial charge is 0.418 e. The van der Waals surface area contributed by atoms with E-state index in [0.29, 0.717) is 32.3 Å². The molecule has 0 saturated heterocycles. The summed E-state index contributed by atoms with van der Waals surface area (Å²) in [6.07, 6.45) is 0.0914. The SMILES string of the molecule is C=CC12CCC(CC1)C2(OC(C)OCCCC)C(F)(F)F. The van der Waals surface area contributed by atoms with Gasteiger partial charge in [0, 0.05) is 12.0 Å². The maximum absolute atomic E-state index is 13.9. The third-order valence-corrected chi connectivity index (χ3v) is 5.21. The van der Waals surface area contributed by atoms with Gasteiger partial charge >= 0.3 is 6.18 Å². The van der Waals surface area contributed by atoms with Crippen LogP contribution in [0.4, 0.5) is 13.2 Å². The minimum absolute atomic E-state index is 0.428. The Balaban J connectivity index is 2.22. The Kier molecular flexibility index (Phi) is 4.74. The number of hydrogen-bond donors (Lipinski definition) is 0. The fourth-order valence-corrected chi connectivity index (χ4v) is 4.16. The minimum Gasteiger partial charge on any atom is -0.353 e. The van der Waals surface area contributed by atoms with Crippen LogP contribution >= 0.6 is 0 Å². The van der Waals surface area contributed by atoms with Crippen LogP contribution in [-0.2, 0) is 9.47 Å². The van der Waals surface area contributed by atoms with Gasteiger partial charge in [-0.2, -0.15) is 13.2 Å². The molecule has 21 heavy (non-hydrogen) atoms. The summed E-state index contributed by atoms with van der Waals surface area (Å²) in [5.41, 5.74) is -3.11. The van der Waals surface area contributed by atoms with E-state index in [2.05, 4.69) is 6.58 Å². The Morgan fingerprint density at radius 1 is 1.33 bits per heavy atom. The Morgan fingerprint density at radius 2 is 1.95 bits per heavy atom. The molecule has 2 saturated carbocycles. The summed E-state index contributed by atoms with van der Waals surface area (Å²) < 4.78 is 52.7. The summed E-state index contributed by atoms with van der Waals surface area (Å²) in [4.78, 5) is 0. The van der Waals surface area contributed by atoms with Crippen molar-refractivity contribution >= 4 is 0 Å². The molecule has 2 unspecified atom stereocenters. The third kappa shape index (κ3) is 2.52. The van der Waals surface area contributed by atoms with E-state index in [4.69, 9.17) is 9.47 Å². The second-order valence-electron chi connectivity index (χ2n) is 6.28. The number of unbranched alkanes of at least 4 members (excludes halogenated alkanes) is 1. The van der Waals surface area contributed by atoms with Gasteiger partial charge in [0.15, 0.2) is 11.9 Å². The predicted molar refractivity (Wildman–Crippen MR) is 74.8 cm³/mol. The van der Waals surface area contributed by atoms with Crippen molar-refractivity contribution in [2.75, 3.05) is 6.61 Å². The quantitative estimate of drug-likeness (QED) is 0.380. The first-order valence-electron chi connectivity index (χ1n) is 7.82. The lowest BCUT2D eigenvalue weighted by Crippen LogP contribution is -2.58. The normalized spacial score (nSPS) is 36.9. The Morgan fingerprint density at radius 3 is 2.43 bits per heavy atom. The molecule has 0 aromatic carbocycles. The Labute approximate surface area is 124 Å². The van der Waals surface area contributed by atoms with Crippen molar-refractivity contribution in [2.24, 2.45) is 11.3 Å². The van der Waals surface area contributed by atoms with Crippen molar-refractivity contribution in [3.8, 4) is 0 Å². The van der Waals surface area contributed by atoms with Crippen LogP contribution in [0.3, 0.4) is 0 Å². The summed E-state index contributed by atoms with van der Waals surface area (Å²) in [7, 11) is 0. The lowest BCUT2D eigenvalue weighted by atomic mass is 9.75. The molecule has 2 aliphatic rings. The van der Waals surface area contributed by atoms with E-state index < -0.39 is 29.4 Å². The van der Waals surface area contributed by atoms with E-state index in [1.54, 1.807) is 6.92 Å². The van der Waals surface area contributed by atoms with Crippen LogP contribution in [0, 0.1) is 11.3 Å². The summed E-state index contributed by atoms with van der Waals surface area (Å²) in [6.45, 7) is 7.69. The smallest absolute Gasteiger partial charge is 0.353 e. The lowest BCUT2D eigenvalue weighted by molar-refractivity contribution is -0.346. The number of halogens is 3. The number of hydrogen-bond acceptors (Lipinski definition) is 2. The number of ether oxygens (including phenoxy) is 2. The van der Waals surface area contributed by atoms with Gasteiger partial charge in [-0.3, -0.25) is 0 Å². The lowest BCUT2D eigenvalue weighted by Gasteiger charge is -2.44. The van der Waals surface area contributed by atoms with Crippen LogP contribution < -0.4 is 0 Å². The highest BCUT2D eigenvalue weighted by molar-refractivity contribution is 5.23.